The van der Waals surface area contributed by atoms with E-state index < -0.39 is 11.9 Å². The van der Waals surface area contributed by atoms with E-state index >= 15 is 0 Å². The summed E-state index contributed by atoms with van der Waals surface area (Å²) in [6.45, 7) is 1.90. The number of pyridine rings is 1. The minimum atomic E-state index is -0.899. The smallest absolute Gasteiger partial charge is 0.308 e. The van der Waals surface area contributed by atoms with E-state index in [1.807, 2.05) is 19.0 Å². The van der Waals surface area contributed by atoms with Crippen LogP contribution in [0.1, 0.15) is 23.7 Å². The van der Waals surface area contributed by atoms with Gasteiger partial charge in [0.2, 0.25) is 0 Å². The Labute approximate surface area is 112 Å². The summed E-state index contributed by atoms with van der Waals surface area (Å²) in [5.41, 5.74) is 0.422. The number of nitrogens with zero attached hydrogens (tertiary/aromatic N) is 2. The summed E-state index contributed by atoms with van der Waals surface area (Å²) in [5.74, 6) is -1.01. The van der Waals surface area contributed by atoms with E-state index in [4.69, 9.17) is 5.11 Å². The van der Waals surface area contributed by atoms with Crippen molar-refractivity contribution in [1.82, 2.24) is 10.3 Å². The number of hydrogen-bond acceptors (Lipinski definition) is 4. The number of hydrogen-bond donors (Lipinski definition) is 2. The molecule has 1 aromatic heterocycles. The van der Waals surface area contributed by atoms with Gasteiger partial charge in [-0.2, -0.15) is 0 Å². The van der Waals surface area contributed by atoms with Crippen molar-refractivity contribution in [1.29, 1.82) is 0 Å². The number of amides is 1. The Morgan fingerprint density at radius 3 is 2.53 bits per heavy atom. The number of nitrogens with one attached hydrogen (secondary N) is 1. The summed E-state index contributed by atoms with van der Waals surface area (Å²) < 4.78 is 0. The van der Waals surface area contributed by atoms with Gasteiger partial charge in [0.15, 0.2) is 0 Å². The molecule has 0 fully saturated rings. The first-order chi connectivity index (χ1) is 8.95. The fraction of sp³-hybridized carbons (Fsp3) is 0.462. The molecule has 6 heteroatoms. The zero-order chi connectivity index (χ0) is 14.4. The normalized spacial score (nSPS) is 11.7. The van der Waals surface area contributed by atoms with Crippen molar-refractivity contribution in [3.63, 3.8) is 0 Å². The Hall–Kier alpha value is -2.11. The molecule has 104 valence electrons. The predicted molar refractivity (Wildman–Crippen MR) is 72.3 cm³/mol. The molecule has 0 radical (unpaired) electrons. The second-order valence-corrected chi connectivity index (χ2v) is 4.45. The molecule has 1 heterocycles. The van der Waals surface area contributed by atoms with E-state index in [1.54, 1.807) is 19.1 Å². The predicted octanol–water partition coefficient (Wildman–Crippen LogP) is 0.988. The van der Waals surface area contributed by atoms with Gasteiger partial charge in [-0.1, -0.05) is 6.92 Å². The average Bonchev–Trinajstić information content (AvgIpc) is 2.38. The van der Waals surface area contributed by atoms with E-state index in [9.17, 15) is 9.59 Å². The summed E-state index contributed by atoms with van der Waals surface area (Å²) >= 11 is 0. The lowest BCUT2D eigenvalue weighted by Crippen LogP contribution is -2.32. The van der Waals surface area contributed by atoms with Gasteiger partial charge in [0.1, 0.15) is 5.82 Å². The monoisotopic (exact) mass is 265 g/mol. The van der Waals surface area contributed by atoms with Gasteiger partial charge in [-0.15, -0.1) is 0 Å². The number of carboxylic acid groups (broad SMARTS) is 1. The van der Waals surface area contributed by atoms with Crippen molar-refractivity contribution in [3.05, 3.63) is 23.9 Å². The molecule has 0 aromatic carbocycles. The molecular formula is C13H19N3O3. The van der Waals surface area contributed by atoms with Crippen molar-refractivity contribution in [3.8, 4) is 0 Å². The molecule has 1 rings (SSSR count). The Kier molecular flexibility index (Phi) is 5.29. The van der Waals surface area contributed by atoms with Crippen LogP contribution in [0.15, 0.2) is 18.3 Å². The van der Waals surface area contributed by atoms with Crippen LogP contribution in [0.3, 0.4) is 0 Å². The molecule has 1 atom stereocenters. The largest absolute Gasteiger partial charge is 0.481 e. The van der Waals surface area contributed by atoms with Crippen LogP contribution in [0.2, 0.25) is 0 Å². The number of carbonyl (C=O) groups excluding carboxylic acids is 1. The van der Waals surface area contributed by atoms with Gasteiger partial charge in [0.25, 0.3) is 5.91 Å². The highest BCUT2D eigenvalue weighted by Gasteiger charge is 2.16. The number of aromatic nitrogens is 1. The second-order valence-electron chi connectivity index (χ2n) is 4.45. The second kappa shape index (κ2) is 6.72. The number of anilines is 1. The molecule has 0 saturated carbocycles. The maximum atomic E-state index is 11.8. The first-order valence-electron chi connectivity index (χ1n) is 6.10. The van der Waals surface area contributed by atoms with E-state index in [-0.39, 0.29) is 12.5 Å². The highest BCUT2D eigenvalue weighted by Crippen LogP contribution is 2.08. The highest BCUT2D eigenvalue weighted by atomic mass is 16.4. The van der Waals surface area contributed by atoms with Gasteiger partial charge in [-0.25, -0.2) is 4.98 Å². The molecule has 6 nitrogen and oxygen atoms in total. The van der Waals surface area contributed by atoms with E-state index in [1.165, 1.54) is 6.20 Å². The van der Waals surface area contributed by atoms with Gasteiger partial charge >= 0.3 is 5.97 Å². The standard InChI is InChI=1S/C13H19N3O3/c1-4-9(13(18)19)7-15-12(17)10-5-6-11(14-8-10)16(2)3/h5-6,8-9H,4,7H2,1-3H3,(H,15,17)(H,18,19). The van der Waals surface area contributed by atoms with Gasteiger partial charge in [0, 0.05) is 26.8 Å². The zero-order valence-electron chi connectivity index (χ0n) is 11.4. The van der Waals surface area contributed by atoms with E-state index in [2.05, 4.69) is 10.3 Å². The lowest BCUT2D eigenvalue weighted by atomic mass is 10.1. The topological polar surface area (TPSA) is 82.5 Å². The van der Waals surface area contributed by atoms with Gasteiger partial charge in [-0.3, -0.25) is 9.59 Å². The maximum Gasteiger partial charge on any atom is 0.308 e. The van der Waals surface area contributed by atoms with Crippen molar-refractivity contribution >= 4 is 17.7 Å². The summed E-state index contributed by atoms with van der Waals surface area (Å²) in [5, 5.41) is 11.5. The van der Waals surface area contributed by atoms with Gasteiger partial charge in [-0.05, 0) is 18.6 Å². The molecule has 19 heavy (non-hydrogen) atoms. The van der Waals surface area contributed by atoms with Crippen LogP contribution in [0.5, 0.6) is 0 Å². The quantitative estimate of drug-likeness (QED) is 0.801. The lowest BCUT2D eigenvalue weighted by molar-refractivity contribution is -0.141. The van der Waals surface area contributed by atoms with Crippen LogP contribution in [-0.2, 0) is 4.79 Å². The van der Waals surface area contributed by atoms with Crippen LogP contribution >= 0.6 is 0 Å². The third kappa shape index (κ3) is 4.24. The summed E-state index contributed by atoms with van der Waals surface area (Å²) in [4.78, 5) is 28.6. The van der Waals surface area contributed by atoms with Crippen LogP contribution in [0, 0.1) is 5.92 Å². The van der Waals surface area contributed by atoms with Crippen molar-refractivity contribution in [2.45, 2.75) is 13.3 Å². The highest BCUT2D eigenvalue weighted by molar-refractivity contribution is 5.94. The molecule has 0 spiro atoms. The molecule has 0 saturated heterocycles. The first-order valence-corrected chi connectivity index (χ1v) is 6.10. The van der Waals surface area contributed by atoms with Crippen molar-refractivity contribution in [2.75, 3.05) is 25.5 Å². The minimum absolute atomic E-state index is 0.125. The third-order valence-electron chi connectivity index (χ3n) is 2.82. The molecule has 0 bridgehead atoms. The fourth-order valence-corrected chi connectivity index (χ4v) is 1.51. The molecule has 1 amide bonds. The number of carbonyl (C=O) groups is 2. The SMILES string of the molecule is CCC(CNC(=O)c1ccc(N(C)C)nc1)C(=O)O. The summed E-state index contributed by atoms with van der Waals surface area (Å²) in [6, 6.07) is 3.41. The van der Waals surface area contributed by atoms with E-state index in [0.29, 0.717) is 12.0 Å². The van der Waals surface area contributed by atoms with Crippen LogP contribution in [0.25, 0.3) is 0 Å². The van der Waals surface area contributed by atoms with Gasteiger partial charge < -0.3 is 15.3 Å². The van der Waals surface area contributed by atoms with Gasteiger partial charge in [0.05, 0.1) is 11.5 Å². The van der Waals surface area contributed by atoms with Crippen molar-refractivity contribution in [2.24, 2.45) is 5.92 Å². The Morgan fingerprint density at radius 1 is 1.42 bits per heavy atom. The van der Waals surface area contributed by atoms with Crippen molar-refractivity contribution < 1.29 is 14.7 Å². The maximum absolute atomic E-state index is 11.8. The number of aliphatic carboxylic acids is 1. The third-order valence-corrected chi connectivity index (χ3v) is 2.82. The van der Waals surface area contributed by atoms with Crippen LogP contribution in [0.4, 0.5) is 5.82 Å². The van der Waals surface area contributed by atoms with Crippen LogP contribution < -0.4 is 10.2 Å². The first kappa shape index (κ1) is 14.9. The number of rotatable bonds is 6. The Bertz CT molecular complexity index is 443. The Balaban J connectivity index is 2.61. The molecule has 0 aliphatic carbocycles. The molecule has 0 aliphatic rings. The van der Waals surface area contributed by atoms with E-state index in [0.717, 1.165) is 5.82 Å². The average molecular weight is 265 g/mol. The molecule has 2 N–H and O–H groups in total. The molecular weight excluding hydrogens is 246 g/mol. The summed E-state index contributed by atoms with van der Waals surface area (Å²) in [6.07, 6.45) is 1.96. The lowest BCUT2D eigenvalue weighted by Gasteiger charge is -2.13. The Morgan fingerprint density at radius 2 is 2.11 bits per heavy atom. The molecule has 1 aromatic rings. The minimum Gasteiger partial charge on any atom is -0.481 e. The molecule has 0 aliphatic heterocycles. The summed E-state index contributed by atoms with van der Waals surface area (Å²) in [7, 11) is 3.72. The number of carboxylic acids is 1. The fourth-order valence-electron chi connectivity index (χ4n) is 1.51. The molecule has 1 unspecified atom stereocenters. The zero-order valence-corrected chi connectivity index (χ0v) is 11.4. The van der Waals surface area contributed by atoms with Crippen LogP contribution in [-0.4, -0.2) is 42.6 Å².